The second-order valence-electron chi connectivity index (χ2n) is 18.0. The van der Waals surface area contributed by atoms with Crippen LogP contribution in [0.15, 0.2) is 148 Å². The summed E-state index contributed by atoms with van der Waals surface area (Å²) in [6.45, 7) is 8.60. The van der Waals surface area contributed by atoms with Gasteiger partial charge < -0.3 is 38.4 Å². The van der Waals surface area contributed by atoms with E-state index in [0.717, 1.165) is 39.2 Å². The first-order valence-electron chi connectivity index (χ1n) is 23.4. The van der Waals surface area contributed by atoms with Gasteiger partial charge in [0.1, 0.15) is 59.3 Å². The molecule has 12 aromatic rings. The molecule has 23 heteroatoms. The van der Waals surface area contributed by atoms with Crippen LogP contribution in [-0.2, 0) is 32.0 Å². The van der Waals surface area contributed by atoms with Crippen LogP contribution in [0.1, 0.15) is 49.9 Å². The van der Waals surface area contributed by atoms with Gasteiger partial charge in [-0.1, -0.05) is 122 Å². The maximum atomic E-state index is 9.30. The molecular weight excluding hydrogens is 1130 g/mol. The van der Waals surface area contributed by atoms with Crippen molar-refractivity contribution in [2.75, 3.05) is 4.93 Å². The first kappa shape index (κ1) is 54.8. The van der Waals surface area contributed by atoms with Gasteiger partial charge in [-0.05, 0) is 75.7 Å². The molecule has 77 heavy (non-hydrogen) atoms. The number of H-pyrrole nitrogens is 1. The van der Waals surface area contributed by atoms with Crippen LogP contribution >= 0.6 is 45.8 Å². The molecule has 0 aliphatic carbocycles. The molecule has 0 fully saturated rings. The topological polar surface area (TPSA) is 244 Å². The zero-order valence-corrected chi connectivity index (χ0v) is 46.6. The number of fused-ring (bicyclic) bond motifs is 4. The molecule has 0 bridgehead atoms. The zero-order valence-electron chi connectivity index (χ0n) is 42.9. The quantitative estimate of drug-likeness (QED) is 0.0727. The Morgan fingerprint density at radius 2 is 0.792 bits per heavy atom. The lowest BCUT2D eigenvalue weighted by molar-refractivity contribution is 0.465. The number of hydrogen-bond acceptors (Lipinski definition) is 16. The van der Waals surface area contributed by atoms with E-state index >= 15 is 0 Å². The number of aromatic nitrogens is 16. The number of aromatic hydroxyl groups is 2. The molecule has 0 spiro atoms. The highest BCUT2D eigenvalue weighted by molar-refractivity contribution is 14.1. The number of rotatable bonds is 8. The summed E-state index contributed by atoms with van der Waals surface area (Å²) in [7, 11) is 5.63. The first-order valence-corrected chi connectivity index (χ1v) is 26.3. The molecule has 4 aromatic carbocycles. The second-order valence-corrected chi connectivity index (χ2v) is 18.7. The number of aromatic amines is 1. The minimum Gasteiger partial charge on any atom is -0.508 e. The molecular formula is C54H51Cl2IN16O4. The predicted octanol–water partition coefficient (Wildman–Crippen LogP) is 11.4. The Morgan fingerprint density at radius 1 is 0.442 bits per heavy atom. The molecule has 0 saturated carbocycles. The average Bonchev–Trinajstić information content (AvgIpc) is 4.27. The largest absolute Gasteiger partial charge is 0.508 e. The number of hydrogen-bond donors (Lipinski definition) is 3. The molecule has 0 saturated heterocycles. The molecule has 392 valence electrons. The Bertz CT molecular complexity index is 3710. The number of phenols is 2. The van der Waals surface area contributed by atoms with Crippen LogP contribution < -0.4 is 9.47 Å². The lowest BCUT2D eigenvalue weighted by Crippen LogP contribution is -2.18. The van der Waals surface area contributed by atoms with E-state index in [0.29, 0.717) is 61.3 Å². The summed E-state index contributed by atoms with van der Waals surface area (Å²) in [6, 6.07) is 30.5. The molecule has 0 radical (unpaired) electrons. The van der Waals surface area contributed by atoms with E-state index < -0.39 is 0 Å². The van der Waals surface area contributed by atoms with E-state index in [-0.39, 0.29) is 22.3 Å². The predicted molar refractivity (Wildman–Crippen MR) is 304 cm³/mol. The molecule has 8 heterocycles. The highest BCUT2D eigenvalue weighted by atomic mass is 127. The Hall–Kier alpha value is -8.41. The minimum atomic E-state index is -0.247. The smallest absolute Gasteiger partial charge is 0.250 e. The number of nitrogens with one attached hydrogen (secondary N) is 1. The number of phenolic OH excluding ortho intramolecular Hbond substituents is 2. The minimum absolute atomic E-state index is 0.151. The molecule has 0 aliphatic heterocycles. The number of imidazole rings is 4. The Kier molecular flexibility index (Phi) is 17.1. The average molecular weight is 1190 g/mol. The maximum absolute atomic E-state index is 9.30. The third kappa shape index (κ3) is 12.5. The Morgan fingerprint density at radius 3 is 1.19 bits per heavy atom. The van der Waals surface area contributed by atoms with Crippen molar-refractivity contribution in [1.82, 2.24) is 78.5 Å². The molecule has 3 N–H and O–H groups in total. The summed E-state index contributed by atoms with van der Waals surface area (Å²) >= 11 is 13.6. The van der Waals surface area contributed by atoms with Crippen LogP contribution in [0.2, 0.25) is 10.3 Å². The van der Waals surface area contributed by atoms with E-state index in [1.165, 1.54) is 31.6 Å². The van der Waals surface area contributed by atoms with Crippen molar-refractivity contribution < 1.29 is 19.7 Å². The number of alkyl halides is 1. The molecule has 20 nitrogen and oxygen atoms in total. The fourth-order valence-corrected chi connectivity index (χ4v) is 8.20. The van der Waals surface area contributed by atoms with Crippen LogP contribution in [0.3, 0.4) is 0 Å². The van der Waals surface area contributed by atoms with Crippen LogP contribution in [0.25, 0.3) is 44.7 Å². The van der Waals surface area contributed by atoms with Crippen molar-refractivity contribution in [1.29, 1.82) is 0 Å². The van der Waals surface area contributed by atoms with E-state index in [1.807, 2.05) is 83.7 Å². The maximum Gasteiger partial charge on any atom is 0.250 e. The summed E-state index contributed by atoms with van der Waals surface area (Å²) in [5.41, 5.74) is 9.52. The van der Waals surface area contributed by atoms with Crippen LogP contribution in [0.4, 0.5) is 0 Å². The van der Waals surface area contributed by atoms with Gasteiger partial charge >= 0.3 is 0 Å². The monoisotopic (exact) mass is 1180 g/mol. The third-order valence-electron chi connectivity index (χ3n) is 12.3. The Labute approximate surface area is 465 Å². The van der Waals surface area contributed by atoms with Crippen molar-refractivity contribution in [3.8, 4) is 34.8 Å². The van der Waals surface area contributed by atoms with Crippen molar-refractivity contribution in [2.24, 2.45) is 21.1 Å². The molecule has 8 aromatic heterocycles. The van der Waals surface area contributed by atoms with Gasteiger partial charge in [-0.2, -0.15) is 9.97 Å². The third-order valence-corrected chi connectivity index (χ3v) is 12.9. The van der Waals surface area contributed by atoms with Crippen molar-refractivity contribution >= 4 is 90.4 Å². The summed E-state index contributed by atoms with van der Waals surface area (Å²) < 4.78 is 17.5. The summed E-state index contributed by atoms with van der Waals surface area (Å²) in [6.07, 6.45) is 12.3. The molecule has 12 rings (SSSR count). The fourth-order valence-electron chi connectivity index (χ4n) is 7.84. The number of nitrogens with zero attached hydrogens (tertiary/aromatic N) is 15. The van der Waals surface area contributed by atoms with Crippen molar-refractivity contribution in [3.05, 3.63) is 180 Å². The van der Waals surface area contributed by atoms with E-state index in [4.69, 9.17) is 32.7 Å². The van der Waals surface area contributed by atoms with Gasteiger partial charge in [0, 0.05) is 32.0 Å². The fraction of sp³-hybridized carbons (Fsp3) is 0.185. The molecule has 0 unspecified atom stereocenters. The highest BCUT2D eigenvalue weighted by Crippen LogP contribution is 2.36. The number of halogens is 3. The van der Waals surface area contributed by atoms with E-state index in [9.17, 15) is 10.2 Å². The van der Waals surface area contributed by atoms with Crippen LogP contribution in [-0.4, -0.2) is 93.6 Å². The SMILES string of the molecule is CC(C)(c1ccc(O)cc1)c1ccc(O)cc1.CI.Clc1ncnc2nc[nH]c12.Cn1cnc2c(Cl)ncnc21.Cn1cnc2c(Oc3ccc(C(C)(C)c4ccc(Oc5ncnc6c5ncn6C)cc4)cc3)ncnc21. The zero-order chi connectivity index (χ0) is 54.9. The highest BCUT2D eigenvalue weighted by Gasteiger charge is 2.25. The summed E-state index contributed by atoms with van der Waals surface area (Å²) in [4.78, 5) is 53.9. The second kappa shape index (κ2) is 24.1. The molecule has 0 amide bonds. The Balaban J connectivity index is 0.000000160. The summed E-state index contributed by atoms with van der Waals surface area (Å²) in [5, 5.41) is 19.4. The number of benzene rings is 4. The summed E-state index contributed by atoms with van der Waals surface area (Å²) in [5.74, 6) is 2.77. The number of aryl methyl sites for hydroxylation is 3. The van der Waals surface area contributed by atoms with Crippen molar-refractivity contribution in [3.63, 3.8) is 0 Å². The van der Waals surface area contributed by atoms with Gasteiger partial charge in [-0.3, -0.25) is 0 Å². The standard InChI is InChI=1S/C27H24N8O2.C15H16O2.C6H5ClN4.C5H3ClN4.CH3I/c1-27(2,17-5-9-19(10-6-17)36-25-21-23(28-13-30-25)34(3)15-32-21)18-7-11-20(12-8-18)37-26-22-24(29-14-31-26)35(4)16-33-22;1-15(2,11-3-7-13(16)8-4-11)12-5-9-14(17)10-6-12;1-11-3-10-4-5(7)8-2-9-6(4)11;6-4-3-5(9-1-7-3)10-2-8-4;1-2/h5-16H,1-4H3;3-10,16-17H,1-2H3;2-3H,1H3;1-2H,(H,7,8,9,10);1H3. The van der Waals surface area contributed by atoms with E-state index in [1.54, 1.807) is 47.8 Å². The molecule has 0 aliphatic rings. The molecule has 0 atom stereocenters. The normalized spacial score (nSPS) is 11.2. The number of ether oxygens (including phenoxy) is 2. The van der Waals surface area contributed by atoms with Crippen LogP contribution in [0.5, 0.6) is 34.8 Å². The van der Waals surface area contributed by atoms with Gasteiger partial charge in [-0.15, -0.1) is 0 Å². The lowest BCUT2D eigenvalue weighted by Gasteiger charge is -2.26. The van der Waals surface area contributed by atoms with E-state index in [2.05, 4.69) is 139 Å². The first-order chi connectivity index (χ1) is 37.1. The van der Waals surface area contributed by atoms with Gasteiger partial charge in [-0.25, -0.2) is 49.8 Å². The lowest BCUT2D eigenvalue weighted by atomic mass is 9.78. The van der Waals surface area contributed by atoms with Gasteiger partial charge in [0.15, 0.2) is 43.9 Å². The van der Waals surface area contributed by atoms with Gasteiger partial charge in [0.05, 0.1) is 25.3 Å². The van der Waals surface area contributed by atoms with Crippen molar-refractivity contribution in [2.45, 2.75) is 38.5 Å². The van der Waals surface area contributed by atoms with Gasteiger partial charge in [0.25, 0.3) is 11.8 Å². The van der Waals surface area contributed by atoms with Crippen LogP contribution in [0, 0.1) is 0 Å². The van der Waals surface area contributed by atoms with Gasteiger partial charge in [0.2, 0.25) is 0 Å².